The van der Waals surface area contributed by atoms with Crippen LogP contribution in [0.5, 0.6) is 5.75 Å². The number of nitro groups is 1. The summed E-state index contributed by atoms with van der Waals surface area (Å²) in [6, 6.07) is 4.36. The van der Waals surface area contributed by atoms with Gasteiger partial charge in [-0.1, -0.05) is 0 Å². The van der Waals surface area contributed by atoms with Crippen LogP contribution in [0.3, 0.4) is 0 Å². The van der Waals surface area contributed by atoms with Crippen molar-refractivity contribution in [1.29, 1.82) is 0 Å². The van der Waals surface area contributed by atoms with E-state index in [2.05, 4.69) is 5.32 Å². The molecule has 0 aliphatic rings. The molecule has 7 nitrogen and oxygen atoms in total. The molecule has 1 aromatic rings. The molecule has 0 aliphatic carbocycles. The standard InChI is InChI=1S/C12H16N2O5/c1-2-19-11-4-3-10(14(17)18)7-9(11)8-13-6-5-12(15)16/h3-4,7,13H,2,5-6,8H2,1H3,(H,15,16). The second-order valence-electron chi connectivity index (χ2n) is 3.80. The summed E-state index contributed by atoms with van der Waals surface area (Å²) >= 11 is 0. The van der Waals surface area contributed by atoms with E-state index in [1.165, 1.54) is 12.1 Å². The molecule has 19 heavy (non-hydrogen) atoms. The van der Waals surface area contributed by atoms with Crippen molar-refractivity contribution in [3.8, 4) is 5.75 Å². The predicted octanol–water partition coefficient (Wildman–Crippen LogP) is 1.56. The van der Waals surface area contributed by atoms with E-state index in [4.69, 9.17) is 9.84 Å². The van der Waals surface area contributed by atoms with E-state index in [0.29, 0.717) is 31.0 Å². The third-order valence-electron chi connectivity index (χ3n) is 2.39. The van der Waals surface area contributed by atoms with Gasteiger partial charge in [-0.25, -0.2) is 0 Å². The molecule has 0 spiro atoms. The number of nitro benzene ring substituents is 1. The molecule has 0 saturated carbocycles. The van der Waals surface area contributed by atoms with Crippen LogP contribution in [0, 0.1) is 10.1 Å². The van der Waals surface area contributed by atoms with Crippen LogP contribution in [0.2, 0.25) is 0 Å². The van der Waals surface area contributed by atoms with Crippen LogP contribution in [0.25, 0.3) is 0 Å². The van der Waals surface area contributed by atoms with Gasteiger partial charge in [-0.2, -0.15) is 0 Å². The second kappa shape index (κ2) is 7.32. The maximum atomic E-state index is 10.7. The van der Waals surface area contributed by atoms with E-state index < -0.39 is 10.9 Å². The number of carboxylic acids is 1. The normalized spacial score (nSPS) is 10.2. The Morgan fingerprint density at radius 1 is 1.53 bits per heavy atom. The lowest BCUT2D eigenvalue weighted by molar-refractivity contribution is -0.384. The van der Waals surface area contributed by atoms with E-state index in [1.54, 1.807) is 6.07 Å². The third-order valence-corrected chi connectivity index (χ3v) is 2.39. The lowest BCUT2D eigenvalue weighted by Gasteiger charge is -2.10. The van der Waals surface area contributed by atoms with Crippen LogP contribution in [-0.4, -0.2) is 29.2 Å². The van der Waals surface area contributed by atoms with E-state index in [9.17, 15) is 14.9 Å². The van der Waals surface area contributed by atoms with Crippen LogP contribution < -0.4 is 10.1 Å². The number of nitrogens with one attached hydrogen (secondary N) is 1. The Hall–Kier alpha value is -2.15. The van der Waals surface area contributed by atoms with E-state index in [0.717, 1.165) is 0 Å². The largest absolute Gasteiger partial charge is 0.494 e. The van der Waals surface area contributed by atoms with Gasteiger partial charge in [-0.15, -0.1) is 0 Å². The highest BCUT2D eigenvalue weighted by atomic mass is 16.6. The summed E-state index contributed by atoms with van der Waals surface area (Å²) in [7, 11) is 0. The number of non-ortho nitro benzene ring substituents is 1. The Morgan fingerprint density at radius 3 is 2.84 bits per heavy atom. The summed E-state index contributed by atoms with van der Waals surface area (Å²) in [5, 5.41) is 22.1. The number of hydrogen-bond acceptors (Lipinski definition) is 5. The van der Waals surface area contributed by atoms with Gasteiger partial charge in [-0.3, -0.25) is 14.9 Å². The molecule has 0 radical (unpaired) electrons. The molecule has 0 amide bonds. The zero-order valence-electron chi connectivity index (χ0n) is 10.6. The molecule has 0 unspecified atom stereocenters. The number of carbonyl (C=O) groups is 1. The van der Waals surface area contributed by atoms with Gasteiger partial charge in [0.25, 0.3) is 5.69 Å². The molecule has 0 saturated heterocycles. The fourth-order valence-corrected chi connectivity index (χ4v) is 1.53. The van der Waals surface area contributed by atoms with Crippen molar-refractivity contribution in [2.45, 2.75) is 19.9 Å². The number of benzene rings is 1. The fourth-order valence-electron chi connectivity index (χ4n) is 1.53. The van der Waals surface area contributed by atoms with Crippen molar-refractivity contribution in [2.24, 2.45) is 0 Å². The summed E-state index contributed by atoms with van der Waals surface area (Å²) in [5.41, 5.74) is 0.625. The number of nitrogens with zero attached hydrogens (tertiary/aromatic N) is 1. The molecule has 0 heterocycles. The summed E-state index contributed by atoms with van der Waals surface area (Å²) in [4.78, 5) is 20.6. The summed E-state index contributed by atoms with van der Waals surface area (Å²) in [6.45, 7) is 2.90. The molecule has 0 atom stereocenters. The van der Waals surface area contributed by atoms with Crippen molar-refractivity contribution in [3.05, 3.63) is 33.9 Å². The van der Waals surface area contributed by atoms with Gasteiger partial charge in [0, 0.05) is 30.8 Å². The fraction of sp³-hybridized carbons (Fsp3) is 0.417. The first-order valence-corrected chi connectivity index (χ1v) is 5.87. The Labute approximate surface area is 110 Å². The van der Waals surface area contributed by atoms with Gasteiger partial charge in [0.15, 0.2) is 0 Å². The molecule has 7 heteroatoms. The number of rotatable bonds is 8. The first-order valence-electron chi connectivity index (χ1n) is 5.87. The first-order chi connectivity index (χ1) is 9.04. The Balaban J connectivity index is 2.73. The molecular formula is C12H16N2O5. The Kier molecular flexibility index (Phi) is 5.74. The van der Waals surface area contributed by atoms with E-state index in [1.807, 2.05) is 6.92 Å². The monoisotopic (exact) mass is 268 g/mol. The van der Waals surface area contributed by atoms with Gasteiger partial charge in [0.2, 0.25) is 0 Å². The lowest BCUT2D eigenvalue weighted by Crippen LogP contribution is -2.18. The number of ether oxygens (including phenoxy) is 1. The lowest BCUT2D eigenvalue weighted by atomic mass is 10.1. The molecule has 0 fully saturated rings. The van der Waals surface area contributed by atoms with Crippen LogP contribution in [-0.2, 0) is 11.3 Å². The van der Waals surface area contributed by atoms with Gasteiger partial charge >= 0.3 is 5.97 Å². The highest BCUT2D eigenvalue weighted by Gasteiger charge is 2.11. The number of hydrogen-bond donors (Lipinski definition) is 2. The van der Waals surface area contributed by atoms with Gasteiger partial charge in [0.05, 0.1) is 18.0 Å². The number of aliphatic carboxylic acids is 1. The van der Waals surface area contributed by atoms with Crippen LogP contribution >= 0.6 is 0 Å². The minimum Gasteiger partial charge on any atom is -0.494 e. The molecular weight excluding hydrogens is 252 g/mol. The minimum atomic E-state index is -0.892. The topological polar surface area (TPSA) is 102 Å². The molecule has 1 rings (SSSR count). The second-order valence-corrected chi connectivity index (χ2v) is 3.80. The zero-order chi connectivity index (χ0) is 14.3. The molecule has 0 aromatic heterocycles. The first kappa shape index (κ1) is 14.9. The molecule has 1 aromatic carbocycles. The van der Waals surface area contributed by atoms with E-state index in [-0.39, 0.29) is 12.1 Å². The Morgan fingerprint density at radius 2 is 2.26 bits per heavy atom. The quantitative estimate of drug-likeness (QED) is 0.421. The van der Waals surface area contributed by atoms with E-state index >= 15 is 0 Å². The van der Waals surface area contributed by atoms with Crippen LogP contribution in [0.1, 0.15) is 18.9 Å². The van der Waals surface area contributed by atoms with Crippen molar-refractivity contribution in [3.63, 3.8) is 0 Å². The zero-order valence-corrected chi connectivity index (χ0v) is 10.6. The molecule has 0 aliphatic heterocycles. The highest BCUT2D eigenvalue weighted by molar-refractivity contribution is 5.66. The van der Waals surface area contributed by atoms with Crippen molar-refractivity contribution >= 4 is 11.7 Å². The van der Waals surface area contributed by atoms with Gasteiger partial charge in [0.1, 0.15) is 5.75 Å². The SMILES string of the molecule is CCOc1ccc([N+](=O)[O-])cc1CNCCC(=O)O. The molecule has 2 N–H and O–H groups in total. The maximum absolute atomic E-state index is 10.7. The smallest absolute Gasteiger partial charge is 0.304 e. The predicted molar refractivity (Wildman–Crippen MR) is 68.2 cm³/mol. The van der Waals surface area contributed by atoms with Crippen LogP contribution in [0.15, 0.2) is 18.2 Å². The van der Waals surface area contributed by atoms with Crippen molar-refractivity contribution < 1.29 is 19.6 Å². The van der Waals surface area contributed by atoms with Gasteiger partial charge < -0.3 is 15.2 Å². The van der Waals surface area contributed by atoms with Gasteiger partial charge in [-0.05, 0) is 13.0 Å². The molecule has 104 valence electrons. The van der Waals surface area contributed by atoms with Crippen molar-refractivity contribution in [1.82, 2.24) is 5.32 Å². The average Bonchev–Trinajstić information content (AvgIpc) is 2.36. The molecule has 0 bridgehead atoms. The Bertz CT molecular complexity index is 461. The average molecular weight is 268 g/mol. The summed E-state index contributed by atoms with van der Waals surface area (Å²) < 4.78 is 5.37. The van der Waals surface area contributed by atoms with Crippen LogP contribution in [0.4, 0.5) is 5.69 Å². The number of carboxylic acid groups (broad SMARTS) is 1. The highest BCUT2D eigenvalue weighted by Crippen LogP contribution is 2.24. The van der Waals surface area contributed by atoms with Crippen molar-refractivity contribution in [2.75, 3.05) is 13.2 Å². The minimum absolute atomic E-state index is 0.00110. The third kappa shape index (κ3) is 4.92. The maximum Gasteiger partial charge on any atom is 0.304 e. The summed E-state index contributed by atoms with van der Waals surface area (Å²) in [5.74, 6) is -0.326. The summed E-state index contributed by atoms with van der Waals surface area (Å²) in [6.07, 6.45) is -0.00110.